The quantitative estimate of drug-likeness (QED) is 0.778. The van der Waals surface area contributed by atoms with E-state index in [1.807, 2.05) is 37.3 Å². The Morgan fingerprint density at radius 1 is 1.38 bits per heavy atom. The summed E-state index contributed by atoms with van der Waals surface area (Å²) in [5.74, 6) is -0.378. The SMILES string of the molecule is COC(=O)C(CN1CCS(=O)(=O)CC1C)c1ccccc1. The van der Waals surface area contributed by atoms with Crippen molar-refractivity contribution in [3.05, 3.63) is 35.9 Å². The standard InChI is InChI=1S/C15H21NO4S/c1-12-11-21(18,19)9-8-16(12)10-14(15(17)20-2)13-6-4-3-5-7-13/h3-7,12,14H,8-11H2,1-2H3. The molecule has 0 saturated carbocycles. The highest BCUT2D eigenvalue weighted by Crippen LogP contribution is 2.22. The highest BCUT2D eigenvalue weighted by molar-refractivity contribution is 7.91. The van der Waals surface area contributed by atoms with Crippen LogP contribution < -0.4 is 0 Å². The van der Waals surface area contributed by atoms with E-state index in [1.54, 1.807) is 0 Å². The molecule has 0 spiro atoms. The predicted molar refractivity (Wildman–Crippen MR) is 80.9 cm³/mol. The van der Waals surface area contributed by atoms with Gasteiger partial charge < -0.3 is 4.74 Å². The van der Waals surface area contributed by atoms with Crippen LogP contribution >= 0.6 is 0 Å². The minimum Gasteiger partial charge on any atom is -0.469 e. The van der Waals surface area contributed by atoms with Crippen LogP contribution in [0.25, 0.3) is 0 Å². The van der Waals surface area contributed by atoms with Crippen molar-refractivity contribution in [2.24, 2.45) is 0 Å². The van der Waals surface area contributed by atoms with Gasteiger partial charge in [-0.3, -0.25) is 9.69 Å². The van der Waals surface area contributed by atoms with Crippen molar-refractivity contribution in [1.29, 1.82) is 0 Å². The summed E-state index contributed by atoms with van der Waals surface area (Å²) >= 11 is 0. The van der Waals surface area contributed by atoms with E-state index in [0.717, 1.165) is 5.56 Å². The van der Waals surface area contributed by atoms with Gasteiger partial charge in [-0.15, -0.1) is 0 Å². The summed E-state index contributed by atoms with van der Waals surface area (Å²) in [5.41, 5.74) is 0.894. The Labute approximate surface area is 125 Å². The normalized spacial score (nSPS) is 23.4. The fourth-order valence-corrected chi connectivity index (χ4v) is 4.31. The van der Waals surface area contributed by atoms with Gasteiger partial charge in [0.2, 0.25) is 0 Å². The first-order valence-corrected chi connectivity index (χ1v) is 8.82. The number of hydrogen-bond acceptors (Lipinski definition) is 5. The number of ether oxygens (including phenoxy) is 1. The second kappa shape index (κ2) is 6.58. The summed E-state index contributed by atoms with van der Waals surface area (Å²) in [5, 5.41) is 0. The monoisotopic (exact) mass is 311 g/mol. The third-order valence-electron chi connectivity index (χ3n) is 3.91. The first-order chi connectivity index (χ1) is 9.93. The number of hydrogen-bond donors (Lipinski definition) is 0. The number of benzene rings is 1. The lowest BCUT2D eigenvalue weighted by Crippen LogP contribution is -2.49. The van der Waals surface area contributed by atoms with Crippen LogP contribution in [-0.2, 0) is 19.4 Å². The number of nitrogens with zero attached hydrogens (tertiary/aromatic N) is 1. The Morgan fingerprint density at radius 3 is 2.62 bits per heavy atom. The van der Waals surface area contributed by atoms with Crippen LogP contribution in [-0.4, -0.2) is 57.0 Å². The van der Waals surface area contributed by atoms with Crippen molar-refractivity contribution in [1.82, 2.24) is 4.90 Å². The molecule has 1 saturated heterocycles. The van der Waals surface area contributed by atoms with Crippen molar-refractivity contribution in [3.63, 3.8) is 0 Å². The molecule has 1 aromatic carbocycles. The molecule has 2 unspecified atom stereocenters. The summed E-state index contributed by atoms with van der Waals surface area (Å²) in [7, 11) is -1.57. The first kappa shape index (κ1) is 16.0. The molecule has 1 heterocycles. The van der Waals surface area contributed by atoms with E-state index >= 15 is 0 Å². The van der Waals surface area contributed by atoms with E-state index in [2.05, 4.69) is 4.90 Å². The van der Waals surface area contributed by atoms with Crippen molar-refractivity contribution in [2.45, 2.75) is 18.9 Å². The second-order valence-electron chi connectivity index (χ2n) is 5.44. The molecule has 2 atom stereocenters. The van der Waals surface area contributed by atoms with Gasteiger partial charge in [0.15, 0.2) is 9.84 Å². The summed E-state index contributed by atoms with van der Waals surface area (Å²) in [6.45, 7) is 2.83. The molecule has 2 rings (SSSR count). The van der Waals surface area contributed by atoms with Crippen molar-refractivity contribution < 1.29 is 17.9 Å². The van der Waals surface area contributed by atoms with E-state index in [0.29, 0.717) is 13.1 Å². The molecule has 0 aromatic heterocycles. The molecular weight excluding hydrogens is 290 g/mol. The third kappa shape index (κ3) is 4.04. The van der Waals surface area contributed by atoms with Gasteiger partial charge in [0.05, 0.1) is 24.5 Å². The lowest BCUT2D eigenvalue weighted by molar-refractivity contribution is -0.143. The van der Waals surface area contributed by atoms with E-state index in [1.165, 1.54) is 7.11 Å². The second-order valence-corrected chi connectivity index (χ2v) is 7.67. The zero-order chi connectivity index (χ0) is 15.5. The van der Waals surface area contributed by atoms with E-state index in [9.17, 15) is 13.2 Å². The molecule has 6 heteroatoms. The molecule has 116 valence electrons. The molecule has 1 aromatic rings. The minimum absolute atomic E-state index is 0.0837. The molecule has 1 aliphatic rings. The summed E-state index contributed by atoms with van der Waals surface area (Å²) in [6.07, 6.45) is 0. The lowest BCUT2D eigenvalue weighted by Gasteiger charge is -2.35. The predicted octanol–water partition coefficient (Wildman–Crippen LogP) is 1.06. The van der Waals surface area contributed by atoms with Crippen molar-refractivity contribution in [3.8, 4) is 0 Å². The number of esters is 1. The molecular formula is C15H21NO4S. The van der Waals surface area contributed by atoms with Crippen LogP contribution in [0.3, 0.4) is 0 Å². The number of rotatable bonds is 4. The van der Waals surface area contributed by atoms with Gasteiger partial charge >= 0.3 is 5.97 Å². The molecule has 0 amide bonds. The maximum absolute atomic E-state index is 12.1. The summed E-state index contributed by atoms with van der Waals surface area (Å²) in [6, 6.07) is 9.37. The number of carbonyl (C=O) groups is 1. The van der Waals surface area contributed by atoms with Gasteiger partial charge in [-0.05, 0) is 12.5 Å². The Balaban J connectivity index is 2.15. The van der Waals surface area contributed by atoms with Gasteiger partial charge in [-0.1, -0.05) is 30.3 Å². The Morgan fingerprint density at radius 2 is 2.05 bits per heavy atom. The van der Waals surface area contributed by atoms with Crippen molar-refractivity contribution in [2.75, 3.05) is 31.7 Å². The van der Waals surface area contributed by atoms with E-state index in [-0.39, 0.29) is 29.4 Å². The van der Waals surface area contributed by atoms with Crippen LogP contribution in [0.5, 0.6) is 0 Å². The van der Waals surface area contributed by atoms with Gasteiger partial charge in [0.25, 0.3) is 0 Å². The molecule has 0 N–H and O–H groups in total. The molecule has 21 heavy (non-hydrogen) atoms. The van der Waals surface area contributed by atoms with Gasteiger partial charge in [0.1, 0.15) is 0 Å². The third-order valence-corrected chi connectivity index (χ3v) is 5.71. The fourth-order valence-electron chi connectivity index (χ4n) is 2.68. The van der Waals surface area contributed by atoms with E-state index in [4.69, 9.17) is 4.74 Å². The summed E-state index contributed by atoms with van der Waals surface area (Å²) < 4.78 is 28.2. The first-order valence-electron chi connectivity index (χ1n) is 7.00. The maximum atomic E-state index is 12.1. The van der Waals surface area contributed by atoms with Crippen LogP contribution in [0.2, 0.25) is 0 Å². The highest BCUT2D eigenvalue weighted by Gasteiger charge is 2.32. The highest BCUT2D eigenvalue weighted by atomic mass is 32.2. The van der Waals surface area contributed by atoms with Crippen LogP contribution in [0, 0.1) is 0 Å². The van der Waals surface area contributed by atoms with Crippen molar-refractivity contribution >= 4 is 15.8 Å². The van der Waals surface area contributed by atoms with Crippen LogP contribution in [0.15, 0.2) is 30.3 Å². The number of carbonyl (C=O) groups excluding carboxylic acids is 1. The molecule has 0 aliphatic carbocycles. The summed E-state index contributed by atoms with van der Waals surface area (Å²) in [4.78, 5) is 14.1. The molecule has 0 bridgehead atoms. The van der Waals surface area contributed by atoms with Gasteiger partial charge in [-0.2, -0.15) is 0 Å². The average Bonchev–Trinajstić information content (AvgIpc) is 2.46. The fraction of sp³-hybridized carbons (Fsp3) is 0.533. The topological polar surface area (TPSA) is 63.7 Å². The number of sulfone groups is 1. The Kier molecular flexibility index (Phi) is 5.00. The van der Waals surface area contributed by atoms with Crippen LogP contribution in [0.1, 0.15) is 18.4 Å². The smallest absolute Gasteiger partial charge is 0.314 e. The van der Waals surface area contributed by atoms with Gasteiger partial charge in [-0.25, -0.2) is 8.42 Å². The average molecular weight is 311 g/mol. The number of methoxy groups -OCH3 is 1. The molecule has 1 aliphatic heterocycles. The largest absolute Gasteiger partial charge is 0.469 e. The lowest BCUT2D eigenvalue weighted by atomic mass is 9.98. The van der Waals surface area contributed by atoms with E-state index < -0.39 is 9.84 Å². The zero-order valence-corrected chi connectivity index (χ0v) is 13.2. The maximum Gasteiger partial charge on any atom is 0.314 e. The Bertz CT molecular complexity index is 585. The Hall–Kier alpha value is -1.40. The molecule has 5 nitrogen and oxygen atoms in total. The zero-order valence-electron chi connectivity index (χ0n) is 12.4. The molecule has 1 fully saturated rings. The minimum atomic E-state index is -2.95. The molecule has 0 radical (unpaired) electrons. The van der Waals surface area contributed by atoms with Gasteiger partial charge in [0, 0.05) is 19.1 Å². The van der Waals surface area contributed by atoms with Crippen LogP contribution in [0.4, 0.5) is 0 Å².